The lowest BCUT2D eigenvalue weighted by Crippen LogP contribution is -2.27. The van der Waals surface area contributed by atoms with Crippen LogP contribution in [-0.2, 0) is 6.61 Å². The monoisotopic (exact) mass is 368 g/mol. The highest BCUT2D eigenvalue weighted by Gasteiger charge is 2.28. The summed E-state index contributed by atoms with van der Waals surface area (Å²) in [6.07, 6.45) is 1.62. The van der Waals surface area contributed by atoms with E-state index in [0.717, 1.165) is 11.8 Å². The fourth-order valence-corrected chi connectivity index (χ4v) is 2.83. The van der Waals surface area contributed by atoms with Gasteiger partial charge in [0.25, 0.3) is 0 Å². The molecule has 1 atom stereocenters. The maximum absolute atomic E-state index is 12.1. The zero-order valence-electron chi connectivity index (χ0n) is 15.0. The van der Waals surface area contributed by atoms with Crippen LogP contribution in [0, 0.1) is 0 Å². The zero-order chi connectivity index (χ0) is 19.4. The van der Waals surface area contributed by atoms with Crippen molar-refractivity contribution in [3.05, 3.63) is 82.2 Å². The van der Waals surface area contributed by atoms with E-state index in [-0.39, 0.29) is 11.5 Å². The molecule has 7 nitrogen and oxygen atoms in total. The van der Waals surface area contributed by atoms with E-state index in [2.05, 4.69) is 4.98 Å². The summed E-state index contributed by atoms with van der Waals surface area (Å²) in [5, 5.41) is 19.8. The smallest absolute Gasteiger partial charge is 0.227 e. The molecule has 2 N–H and O–H groups in total. The number of ether oxygens (including phenoxy) is 1. The van der Waals surface area contributed by atoms with E-state index >= 15 is 0 Å². The van der Waals surface area contributed by atoms with Gasteiger partial charge in [-0.3, -0.25) is 9.78 Å². The van der Waals surface area contributed by atoms with Gasteiger partial charge in [0.05, 0.1) is 12.8 Å². The molecule has 0 aliphatic heterocycles. The first kappa shape index (κ1) is 18.5. The highest BCUT2D eigenvalue weighted by atomic mass is 16.5. The van der Waals surface area contributed by atoms with E-state index in [4.69, 9.17) is 9.15 Å². The SMILES string of the molecule is COc1ccc(N(C)C(c2ccccn2)c2oc(CO)cc(=O)c2O)cc1. The van der Waals surface area contributed by atoms with E-state index in [0.29, 0.717) is 11.4 Å². The zero-order valence-corrected chi connectivity index (χ0v) is 15.0. The average molecular weight is 368 g/mol. The predicted molar refractivity (Wildman–Crippen MR) is 100 cm³/mol. The lowest BCUT2D eigenvalue weighted by Gasteiger charge is -2.29. The Hall–Kier alpha value is -3.32. The quantitative estimate of drug-likeness (QED) is 0.690. The summed E-state index contributed by atoms with van der Waals surface area (Å²) in [5.41, 5.74) is 0.747. The second kappa shape index (κ2) is 7.92. The second-order valence-electron chi connectivity index (χ2n) is 5.91. The topological polar surface area (TPSA) is 96.0 Å². The molecule has 0 radical (unpaired) electrons. The fourth-order valence-electron chi connectivity index (χ4n) is 2.83. The Kier molecular flexibility index (Phi) is 5.42. The van der Waals surface area contributed by atoms with Gasteiger partial charge in [-0.25, -0.2) is 0 Å². The molecule has 1 unspecified atom stereocenters. The van der Waals surface area contributed by atoms with E-state index in [9.17, 15) is 15.0 Å². The Labute approximate surface area is 156 Å². The average Bonchev–Trinajstić information content (AvgIpc) is 2.71. The number of aliphatic hydroxyl groups excluding tert-OH is 1. The van der Waals surface area contributed by atoms with Gasteiger partial charge in [-0.2, -0.15) is 0 Å². The summed E-state index contributed by atoms with van der Waals surface area (Å²) < 4.78 is 10.8. The van der Waals surface area contributed by atoms with Crippen molar-refractivity contribution in [1.29, 1.82) is 0 Å². The molecule has 3 rings (SSSR count). The van der Waals surface area contributed by atoms with E-state index in [1.807, 2.05) is 35.2 Å². The Morgan fingerprint density at radius 2 is 1.96 bits per heavy atom. The van der Waals surface area contributed by atoms with Crippen molar-refractivity contribution in [2.24, 2.45) is 0 Å². The Balaban J connectivity index is 2.15. The number of nitrogens with zero attached hydrogens (tertiary/aromatic N) is 2. The van der Waals surface area contributed by atoms with Crippen LogP contribution >= 0.6 is 0 Å². The van der Waals surface area contributed by atoms with Crippen molar-refractivity contribution in [2.75, 3.05) is 19.1 Å². The Morgan fingerprint density at radius 3 is 2.56 bits per heavy atom. The predicted octanol–water partition coefficient (Wildman–Crippen LogP) is 2.47. The molecule has 140 valence electrons. The number of benzene rings is 1. The number of methoxy groups -OCH3 is 1. The number of aliphatic hydroxyl groups is 1. The highest BCUT2D eigenvalue weighted by molar-refractivity contribution is 5.53. The molecule has 3 aromatic rings. The largest absolute Gasteiger partial charge is 0.502 e. The van der Waals surface area contributed by atoms with Gasteiger partial charge in [-0.1, -0.05) is 6.07 Å². The third-order valence-electron chi connectivity index (χ3n) is 4.24. The molecule has 0 saturated carbocycles. The molecule has 7 heteroatoms. The van der Waals surface area contributed by atoms with Gasteiger partial charge in [0.15, 0.2) is 5.76 Å². The number of aromatic hydroxyl groups is 1. The summed E-state index contributed by atoms with van der Waals surface area (Å²) in [7, 11) is 3.38. The minimum absolute atomic E-state index is 0.0172. The fraction of sp³-hybridized carbons (Fsp3) is 0.200. The summed E-state index contributed by atoms with van der Waals surface area (Å²) in [4.78, 5) is 18.3. The van der Waals surface area contributed by atoms with Gasteiger partial charge in [0, 0.05) is 25.0 Å². The van der Waals surface area contributed by atoms with Gasteiger partial charge in [0.2, 0.25) is 11.2 Å². The van der Waals surface area contributed by atoms with Crippen LogP contribution < -0.4 is 15.1 Å². The maximum Gasteiger partial charge on any atom is 0.227 e. The molecular weight excluding hydrogens is 348 g/mol. The van der Waals surface area contributed by atoms with Gasteiger partial charge >= 0.3 is 0 Å². The van der Waals surface area contributed by atoms with Crippen LogP contribution in [0.4, 0.5) is 5.69 Å². The van der Waals surface area contributed by atoms with Crippen molar-refractivity contribution in [3.63, 3.8) is 0 Å². The summed E-state index contributed by atoms with van der Waals surface area (Å²) >= 11 is 0. The molecule has 0 aliphatic rings. The van der Waals surface area contributed by atoms with Crippen molar-refractivity contribution >= 4 is 5.69 Å². The lowest BCUT2D eigenvalue weighted by atomic mass is 10.1. The second-order valence-corrected chi connectivity index (χ2v) is 5.91. The van der Waals surface area contributed by atoms with Crippen molar-refractivity contribution in [1.82, 2.24) is 4.98 Å². The van der Waals surface area contributed by atoms with E-state index < -0.39 is 23.8 Å². The summed E-state index contributed by atoms with van der Waals surface area (Å²) in [6, 6.07) is 13.1. The van der Waals surface area contributed by atoms with Gasteiger partial charge in [0.1, 0.15) is 24.2 Å². The first-order chi connectivity index (χ1) is 13.0. The van der Waals surface area contributed by atoms with Gasteiger partial charge in [-0.15, -0.1) is 0 Å². The first-order valence-electron chi connectivity index (χ1n) is 8.29. The van der Waals surface area contributed by atoms with Gasteiger partial charge < -0.3 is 24.3 Å². The molecule has 0 spiro atoms. The van der Waals surface area contributed by atoms with Gasteiger partial charge in [-0.05, 0) is 36.4 Å². The Morgan fingerprint density at radius 1 is 1.22 bits per heavy atom. The number of hydrogen-bond acceptors (Lipinski definition) is 7. The molecule has 1 aromatic carbocycles. The lowest BCUT2D eigenvalue weighted by molar-refractivity contribution is 0.233. The number of rotatable bonds is 6. The number of pyridine rings is 1. The number of aromatic nitrogens is 1. The standard InChI is InChI=1S/C20H20N2O5/c1-22(13-6-8-14(26-2)9-7-13)18(16-5-3-4-10-21-16)20-19(25)17(24)11-15(12-23)27-20/h3-11,18,23,25H,12H2,1-2H3. The molecule has 2 heterocycles. The highest BCUT2D eigenvalue weighted by Crippen LogP contribution is 2.35. The molecule has 0 amide bonds. The molecular formula is C20H20N2O5. The van der Waals surface area contributed by atoms with Crippen molar-refractivity contribution < 1.29 is 19.4 Å². The molecule has 0 saturated heterocycles. The van der Waals surface area contributed by atoms with Crippen LogP contribution in [0.3, 0.4) is 0 Å². The third kappa shape index (κ3) is 3.78. The van der Waals surface area contributed by atoms with Crippen LogP contribution in [-0.4, -0.2) is 29.4 Å². The van der Waals surface area contributed by atoms with Crippen LogP contribution in [0.2, 0.25) is 0 Å². The van der Waals surface area contributed by atoms with Crippen LogP contribution in [0.25, 0.3) is 0 Å². The summed E-state index contributed by atoms with van der Waals surface area (Å²) in [6.45, 7) is -0.455. The van der Waals surface area contributed by atoms with Crippen LogP contribution in [0.1, 0.15) is 23.3 Å². The Bertz CT molecular complexity index is 954. The minimum atomic E-state index is -0.682. The third-order valence-corrected chi connectivity index (χ3v) is 4.24. The molecule has 2 aromatic heterocycles. The normalized spacial score (nSPS) is 11.8. The number of hydrogen-bond donors (Lipinski definition) is 2. The molecule has 0 fully saturated rings. The molecule has 0 aliphatic carbocycles. The maximum atomic E-state index is 12.1. The van der Waals surface area contributed by atoms with Crippen LogP contribution in [0.5, 0.6) is 11.5 Å². The summed E-state index contributed by atoms with van der Waals surface area (Å²) in [5.74, 6) is 0.279. The van der Waals surface area contributed by atoms with Crippen LogP contribution in [0.15, 0.2) is 63.9 Å². The molecule has 27 heavy (non-hydrogen) atoms. The minimum Gasteiger partial charge on any atom is -0.502 e. The first-order valence-corrected chi connectivity index (χ1v) is 8.29. The van der Waals surface area contributed by atoms with E-state index in [1.54, 1.807) is 32.5 Å². The number of anilines is 1. The van der Waals surface area contributed by atoms with E-state index in [1.165, 1.54) is 0 Å². The molecule has 0 bridgehead atoms. The van der Waals surface area contributed by atoms with Crippen molar-refractivity contribution in [2.45, 2.75) is 12.6 Å². The van der Waals surface area contributed by atoms with Crippen molar-refractivity contribution in [3.8, 4) is 11.5 Å².